The maximum Gasteiger partial charge on any atom is 0.184 e. The van der Waals surface area contributed by atoms with Gasteiger partial charge in [-0.15, -0.1) is 0 Å². The molecule has 2 rings (SSSR count). The van der Waals surface area contributed by atoms with Gasteiger partial charge in [0.1, 0.15) is 24.4 Å². The predicted octanol–water partition coefficient (Wildman–Crippen LogP) is -0.997. The molecule has 1 aromatic rings. The monoisotopic (exact) mass is 270 g/mol. The second-order valence-corrected chi connectivity index (χ2v) is 4.49. The zero-order valence-electron chi connectivity index (χ0n) is 10.3. The Morgan fingerprint density at radius 3 is 2.37 bits per heavy atom. The summed E-state index contributed by atoms with van der Waals surface area (Å²) in [6.07, 6.45) is -6.03. The van der Waals surface area contributed by atoms with Crippen LogP contribution in [0.3, 0.4) is 0 Å². The molecule has 6 nitrogen and oxygen atoms in total. The topological polar surface area (TPSA) is 99.4 Å². The molecule has 0 bridgehead atoms. The quantitative estimate of drug-likeness (QED) is 0.560. The van der Waals surface area contributed by atoms with Crippen molar-refractivity contribution in [1.29, 1.82) is 0 Å². The normalized spacial score (nSPS) is 35.3. The van der Waals surface area contributed by atoms with E-state index < -0.39 is 37.3 Å². The second-order valence-electron chi connectivity index (χ2n) is 4.49. The van der Waals surface area contributed by atoms with Crippen LogP contribution in [-0.4, -0.2) is 57.7 Å². The van der Waals surface area contributed by atoms with Gasteiger partial charge in [0.2, 0.25) is 0 Å². The van der Waals surface area contributed by atoms with Crippen molar-refractivity contribution in [1.82, 2.24) is 0 Å². The smallest absolute Gasteiger partial charge is 0.184 e. The van der Waals surface area contributed by atoms with Gasteiger partial charge in [0.25, 0.3) is 0 Å². The third-order valence-corrected chi connectivity index (χ3v) is 3.13. The lowest BCUT2D eigenvalue weighted by molar-refractivity contribution is -0.296. The van der Waals surface area contributed by atoms with Crippen LogP contribution < -0.4 is 0 Å². The molecule has 1 fully saturated rings. The molecular weight excluding hydrogens is 252 g/mol. The number of benzene rings is 1. The summed E-state index contributed by atoms with van der Waals surface area (Å²) >= 11 is 0. The molecule has 1 aliphatic rings. The van der Waals surface area contributed by atoms with Gasteiger partial charge >= 0.3 is 0 Å². The van der Waals surface area contributed by atoms with E-state index >= 15 is 0 Å². The Balaban J connectivity index is 2.00. The Morgan fingerprint density at radius 1 is 1.05 bits per heavy atom. The maximum absolute atomic E-state index is 9.91. The molecule has 1 aromatic carbocycles. The molecule has 5 atom stereocenters. The average molecular weight is 270 g/mol. The van der Waals surface area contributed by atoms with Crippen LogP contribution in [0, 0.1) is 0 Å². The van der Waals surface area contributed by atoms with Crippen LogP contribution in [0.2, 0.25) is 0 Å². The van der Waals surface area contributed by atoms with Crippen LogP contribution in [-0.2, 0) is 16.1 Å². The van der Waals surface area contributed by atoms with Crippen molar-refractivity contribution in [3.05, 3.63) is 35.9 Å². The van der Waals surface area contributed by atoms with E-state index in [-0.39, 0.29) is 6.61 Å². The molecule has 0 radical (unpaired) electrons. The van der Waals surface area contributed by atoms with Crippen LogP contribution in [0.15, 0.2) is 30.3 Å². The molecule has 1 aliphatic heterocycles. The molecule has 0 saturated carbocycles. The Morgan fingerprint density at radius 2 is 1.74 bits per heavy atom. The zero-order valence-corrected chi connectivity index (χ0v) is 10.3. The number of aliphatic hydroxyl groups is 4. The standard InChI is InChI=1S/C13H18O6/c14-6-9-10(15)12(11(16)13(17)19-9)18-7-8-4-2-1-3-5-8/h1-5,9-17H,6-7H2/t9-,10+,11-,12+,13?/m1/s1. The molecule has 0 aromatic heterocycles. The highest BCUT2D eigenvalue weighted by Gasteiger charge is 2.44. The van der Waals surface area contributed by atoms with Gasteiger partial charge < -0.3 is 29.9 Å². The fraction of sp³-hybridized carbons (Fsp3) is 0.538. The molecule has 0 spiro atoms. The largest absolute Gasteiger partial charge is 0.394 e. The van der Waals surface area contributed by atoms with Crippen molar-refractivity contribution in [2.45, 2.75) is 37.3 Å². The first-order valence-electron chi connectivity index (χ1n) is 6.09. The third kappa shape index (κ3) is 3.30. The maximum atomic E-state index is 9.91. The Kier molecular flexibility index (Phi) is 4.87. The van der Waals surface area contributed by atoms with Gasteiger partial charge in [0.05, 0.1) is 13.2 Å². The van der Waals surface area contributed by atoms with Crippen molar-refractivity contribution in [2.24, 2.45) is 0 Å². The number of hydrogen-bond acceptors (Lipinski definition) is 6. The number of hydrogen-bond donors (Lipinski definition) is 4. The van der Waals surface area contributed by atoms with Gasteiger partial charge in [-0.2, -0.15) is 0 Å². The summed E-state index contributed by atoms with van der Waals surface area (Å²) in [5, 5.41) is 38.2. The summed E-state index contributed by atoms with van der Waals surface area (Å²) in [4.78, 5) is 0. The highest BCUT2D eigenvalue weighted by Crippen LogP contribution is 2.23. The summed E-state index contributed by atoms with van der Waals surface area (Å²) in [5.74, 6) is 0. The molecule has 106 valence electrons. The minimum absolute atomic E-state index is 0.185. The molecule has 0 aliphatic carbocycles. The Bertz CT molecular complexity index is 384. The van der Waals surface area contributed by atoms with Crippen LogP contribution in [0.5, 0.6) is 0 Å². The van der Waals surface area contributed by atoms with Crippen molar-refractivity contribution < 1.29 is 29.9 Å². The molecule has 4 N–H and O–H groups in total. The minimum Gasteiger partial charge on any atom is -0.394 e. The molecule has 0 amide bonds. The fourth-order valence-electron chi connectivity index (χ4n) is 2.03. The van der Waals surface area contributed by atoms with E-state index in [0.29, 0.717) is 0 Å². The minimum atomic E-state index is -1.48. The molecule has 19 heavy (non-hydrogen) atoms. The lowest BCUT2D eigenvalue weighted by Crippen LogP contribution is -2.59. The first-order valence-corrected chi connectivity index (χ1v) is 6.09. The van der Waals surface area contributed by atoms with E-state index in [1.807, 2.05) is 30.3 Å². The highest BCUT2D eigenvalue weighted by molar-refractivity contribution is 5.13. The second kappa shape index (κ2) is 6.42. The fourth-order valence-corrected chi connectivity index (χ4v) is 2.03. The van der Waals surface area contributed by atoms with E-state index in [1.165, 1.54) is 0 Å². The van der Waals surface area contributed by atoms with Crippen LogP contribution in [0.1, 0.15) is 5.56 Å². The SMILES string of the molecule is OC[C@H]1OC(O)[C@H](O)[C@@H](OCc2ccccc2)[C@H]1O. The Labute approximate surface area is 110 Å². The zero-order chi connectivity index (χ0) is 13.8. The molecule has 1 unspecified atom stereocenters. The Hall–Kier alpha value is -1.02. The van der Waals surface area contributed by atoms with Gasteiger partial charge in [-0.3, -0.25) is 0 Å². The average Bonchev–Trinajstić information content (AvgIpc) is 2.44. The van der Waals surface area contributed by atoms with Gasteiger partial charge in [-0.1, -0.05) is 30.3 Å². The number of aliphatic hydroxyl groups excluding tert-OH is 4. The van der Waals surface area contributed by atoms with Crippen molar-refractivity contribution in [2.75, 3.05) is 6.61 Å². The predicted molar refractivity (Wildman–Crippen MR) is 65.0 cm³/mol. The van der Waals surface area contributed by atoms with Crippen molar-refractivity contribution in [3.8, 4) is 0 Å². The number of ether oxygens (including phenoxy) is 2. The third-order valence-electron chi connectivity index (χ3n) is 3.13. The van der Waals surface area contributed by atoms with Gasteiger partial charge in [0, 0.05) is 0 Å². The van der Waals surface area contributed by atoms with E-state index in [1.54, 1.807) is 0 Å². The summed E-state index contributed by atoms with van der Waals surface area (Å²) in [7, 11) is 0. The van der Waals surface area contributed by atoms with E-state index in [2.05, 4.69) is 0 Å². The van der Waals surface area contributed by atoms with Gasteiger partial charge in [-0.25, -0.2) is 0 Å². The van der Waals surface area contributed by atoms with Gasteiger partial charge in [-0.05, 0) is 5.56 Å². The van der Waals surface area contributed by atoms with Crippen molar-refractivity contribution >= 4 is 0 Å². The highest BCUT2D eigenvalue weighted by atomic mass is 16.6. The lowest BCUT2D eigenvalue weighted by Gasteiger charge is -2.39. The van der Waals surface area contributed by atoms with Crippen molar-refractivity contribution in [3.63, 3.8) is 0 Å². The van der Waals surface area contributed by atoms with Crippen LogP contribution in [0.25, 0.3) is 0 Å². The van der Waals surface area contributed by atoms with E-state index in [4.69, 9.17) is 14.6 Å². The summed E-state index contributed by atoms with van der Waals surface area (Å²) in [5.41, 5.74) is 0.878. The first-order chi connectivity index (χ1) is 9.13. The van der Waals surface area contributed by atoms with Crippen LogP contribution >= 0.6 is 0 Å². The number of rotatable bonds is 4. The summed E-state index contributed by atoms with van der Waals surface area (Å²) < 4.78 is 10.3. The molecule has 1 saturated heterocycles. The van der Waals surface area contributed by atoms with Crippen LogP contribution in [0.4, 0.5) is 0 Å². The first kappa shape index (κ1) is 14.4. The summed E-state index contributed by atoms with van der Waals surface area (Å²) in [6.45, 7) is -0.277. The molecule has 1 heterocycles. The van der Waals surface area contributed by atoms with E-state index in [0.717, 1.165) is 5.56 Å². The summed E-state index contributed by atoms with van der Waals surface area (Å²) in [6, 6.07) is 9.26. The molecular formula is C13H18O6. The lowest BCUT2D eigenvalue weighted by atomic mass is 9.99. The van der Waals surface area contributed by atoms with Gasteiger partial charge in [0.15, 0.2) is 6.29 Å². The molecule has 6 heteroatoms. The van der Waals surface area contributed by atoms with E-state index in [9.17, 15) is 15.3 Å².